The molecule has 2 aliphatic heterocycles. The number of carbonyl (C=O) groups excluding carboxylic acids is 2. The van der Waals surface area contributed by atoms with E-state index in [1.54, 1.807) is 4.90 Å². The number of esters is 1. The molecule has 0 aromatic heterocycles. The molecular weight excluding hydrogens is 258 g/mol. The number of hydrogen-bond acceptors (Lipinski definition) is 4. The predicted molar refractivity (Wildman–Crippen MR) is 74.1 cm³/mol. The molecule has 0 aromatic carbocycles. The van der Waals surface area contributed by atoms with Crippen LogP contribution in [0.1, 0.15) is 46.5 Å². The molecule has 2 rings (SSSR count). The lowest BCUT2D eigenvalue weighted by atomic mass is 10.0. The third-order valence-corrected chi connectivity index (χ3v) is 3.72. The predicted octanol–water partition coefficient (Wildman–Crippen LogP) is 1.75. The van der Waals surface area contributed by atoms with Crippen molar-refractivity contribution in [3.63, 3.8) is 0 Å². The van der Waals surface area contributed by atoms with Gasteiger partial charge < -0.3 is 14.4 Å². The molecule has 2 heterocycles. The van der Waals surface area contributed by atoms with Crippen molar-refractivity contribution in [2.45, 2.75) is 58.1 Å². The minimum absolute atomic E-state index is 0.0538. The molecule has 1 unspecified atom stereocenters. The molecule has 20 heavy (non-hydrogen) atoms. The second-order valence-corrected chi connectivity index (χ2v) is 6.64. The second kappa shape index (κ2) is 6.12. The highest BCUT2D eigenvalue weighted by Crippen LogP contribution is 2.25. The van der Waals surface area contributed by atoms with Crippen LogP contribution in [0.2, 0.25) is 0 Å². The lowest BCUT2D eigenvalue weighted by molar-refractivity contribution is -0.164. The number of rotatable bonds is 2. The standard InChI is InChI=1S/C15H25NO4/c1-15(2,3)20-14(18)12-7-4-8-16(12)13(17)11-6-5-9-19-10-11/h11-12H,4-10H2,1-3H3/t11?,12-/m1/s1. The Kier molecular flexibility index (Phi) is 4.68. The van der Waals surface area contributed by atoms with E-state index in [-0.39, 0.29) is 17.8 Å². The third kappa shape index (κ3) is 3.72. The van der Waals surface area contributed by atoms with Gasteiger partial charge in [0.05, 0.1) is 12.5 Å². The third-order valence-electron chi connectivity index (χ3n) is 3.72. The quantitative estimate of drug-likeness (QED) is 0.724. The fourth-order valence-corrected chi connectivity index (χ4v) is 2.82. The summed E-state index contributed by atoms with van der Waals surface area (Å²) >= 11 is 0. The molecule has 0 aliphatic carbocycles. The summed E-state index contributed by atoms with van der Waals surface area (Å²) < 4.78 is 10.8. The zero-order valence-corrected chi connectivity index (χ0v) is 12.7. The largest absolute Gasteiger partial charge is 0.458 e. The second-order valence-electron chi connectivity index (χ2n) is 6.64. The number of nitrogens with zero attached hydrogens (tertiary/aromatic N) is 1. The van der Waals surface area contributed by atoms with Gasteiger partial charge in [-0.25, -0.2) is 4.79 Å². The maximum Gasteiger partial charge on any atom is 0.329 e. The average Bonchev–Trinajstić information content (AvgIpc) is 2.86. The summed E-state index contributed by atoms with van der Waals surface area (Å²) in [7, 11) is 0. The molecule has 2 fully saturated rings. The summed E-state index contributed by atoms with van der Waals surface area (Å²) in [6.45, 7) is 7.41. The summed E-state index contributed by atoms with van der Waals surface area (Å²) in [6.07, 6.45) is 3.34. The molecule has 0 bridgehead atoms. The van der Waals surface area contributed by atoms with E-state index in [1.807, 2.05) is 20.8 Å². The highest BCUT2D eigenvalue weighted by Gasteiger charge is 2.39. The minimum Gasteiger partial charge on any atom is -0.458 e. The first-order valence-corrected chi connectivity index (χ1v) is 7.49. The molecule has 2 aliphatic rings. The lowest BCUT2D eigenvalue weighted by Gasteiger charge is -2.31. The van der Waals surface area contributed by atoms with Gasteiger partial charge in [-0.2, -0.15) is 0 Å². The summed E-state index contributed by atoms with van der Waals surface area (Å²) in [6, 6.07) is -0.413. The minimum atomic E-state index is -0.512. The molecule has 0 spiro atoms. The van der Waals surface area contributed by atoms with Crippen molar-refractivity contribution in [1.29, 1.82) is 0 Å². The van der Waals surface area contributed by atoms with E-state index in [0.29, 0.717) is 19.6 Å². The topological polar surface area (TPSA) is 55.8 Å². The van der Waals surface area contributed by atoms with Crippen LogP contribution in [0.15, 0.2) is 0 Å². The first kappa shape index (κ1) is 15.3. The van der Waals surface area contributed by atoms with Gasteiger partial charge in [-0.1, -0.05) is 0 Å². The van der Waals surface area contributed by atoms with Gasteiger partial charge in [0.2, 0.25) is 5.91 Å². The molecule has 114 valence electrons. The van der Waals surface area contributed by atoms with Crippen molar-refractivity contribution in [3.05, 3.63) is 0 Å². The van der Waals surface area contributed by atoms with Gasteiger partial charge in [0.25, 0.3) is 0 Å². The van der Waals surface area contributed by atoms with Crippen molar-refractivity contribution in [2.75, 3.05) is 19.8 Å². The molecule has 2 atom stereocenters. The maximum absolute atomic E-state index is 12.5. The van der Waals surface area contributed by atoms with Crippen molar-refractivity contribution in [2.24, 2.45) is 5.92 Å². The first-order valence-electron chi connectivity index (χ1n) is 7.49. The Balaban J connectivity index is 1.99. The monoisotopic (exact) mass is 283 g/mol. The molecule has 0 aromatic rings. The smallest absolute Gasteiger partial charge is 0.329 e. The van der Waals surface area contributed by atoms with Gasteiger partial charge >= 0.3 is 5.97 Å². The number of amides is 1. The summed E-state index contributed by atoms with van der Waals surface area (Å²) in [5.41, 5.74) is -0.512. The van der Waals surface area contributed by atoms with Crippen LogP contribution in [0.3, 0.4) is 0 Å². The van der Waals surface area contributed by atoms with Crippen LogP contribution in [-0.4, -0.2) is 48.2 Å². The van der Waals surface area contributed by atoms with Crippen LogP contribution < -0.4 is 0 Å². The van der Waals surface area contributed by atoms with Gasteiger partial charge in [0, 0.05) is 13.2 Å². The molecular formula is C15H25NO4. The van der Waals surface area contributed by atoms with Crippen LogP contribution in [0.25, 0.3) is 0 Å². The Labute approximate surface area is 120 Å². The molecule has 5 nitrogen and oxygen atoms in total. The van der Waals surface area contributed by atoms with E-state index < -0.39 is 11.6 Å². The summed E-state index contributed by atoms with van der Waals surface area (Å²) in [5, 5.41) is 0. The van der Waals surface area contributed by atoms with E-state index in [4.69, 9.17) is 9.47 Å². The fourth-order valence-electron chi connectivity index (χ4n) is 2.82. The Morgan fingerprint density at radius 1 is 1.20 bits per heavy atom. The van der Waals surface area contributed by atoms with Crippen molar-refractivity contribution in [1.82, 2.24) is 4.90 Å². The van der Waals surface area contributed by atoms with Gasteiger partial charge in [-0.15, -0.1) is 0 Å². The van der Waals surface area contributed by atoms with Crippen LogP contribution >= 0.6 is 0 Å². The number of ether oxygens (including phenoxy) is 2. The molecule has 0 radical (unpaired) electrons. The van der Waals surface area contributed by atoms with Gasteiger partial charge in [0.1, 0.15) is 11.6 Å². The Morgan fingerprint density at radius 3 is 2.55 bits per heavy atom. The normalized spacial score (nSPS) is 27.4. The molecule has 2 saturated heterocycles. The Bertz CT molecular complexity index is 369. The number of carbonyl (C=O) groups is 2. The van der Waals surface area contributed by atoms with Gasteiger partial charge in [0.15, 0.2) is 0 Å². The zero-order chi connectivity index (χ0) is 14.8. The SMILES string of the molecule is CC(C)(C)OC(=O)[C@H]1CCCN1C(=O)C1CCCOC1. The van der Waals surface area contributed by atoms with Crippen LogP contribution in [-0.2, 0) is 19.1 Å². The van der Waals surface area contributed by atoms with Crippen LogP contribution in [0, 0.1) is 5.92 Å². The van der Waals surface area contributed by atoms with Crippen molar-refractivity contribution < 1.29 is 19.1 Å². The summed E-state index contributed by atoms with van der Waals surface area (Å²) in [5.74, 6) is -0.315. The lowest BCUT2D eigenvalue weighted by Crippen LogP contribution is -2.47. The van der Waals surface area contributed by atoms with E-state index in [2.05, 4.69) is 0 Å². The van der Waals surface area contributed by atoms with Crippen LogP contribution in [0.4, 0.5) is 0 Å². The first-order chi connectivity index (χ1) is 9.38. The number of hydrogen-bond donors (Lipinski definition) is 0. The van der Waals surface area contributed by atoms with Crippen molar-refractivity contribution in [3.8, 4) is 0 Å². The fraction of sp³-hybridized carbons (Fsp3) is 0.867. The maximum atomic E-state index is 12.5. The van der Waals surface area contributed by atoms with Crippen LogP contribution in [0.5, 0.6) is 0 Å². The Morgan fingerprint density at radius 2 is 1.95 bits per heavy atom. The van der Waals surface area contributed by atoms with E-state index in [9.17, 15) is 9.59 Å². The van der Waals surface area contributed by atoms with Gasteiger partial charge in [-0.05, 0) is 46.5 Å². The average molecular weight is 283 g/mol. The number of likely N-dealkylation sites (tertiary alicyclic amines) is 1. The van der Waals surface area contributed by atoms with Gasteiger partial charge in [-0.3, -0.25) is 4.79 Å². The molecule has 1 amide bonds. The zero-order valence-electron chi connectivity index (χ0n) is 12.7. The summed E-state index contributed by atoms with van der Waals surface area (Å²) in [4.78, 5) is 26.4. The van der Waals surface area contributed by atoms with Crippen molar-refractivity contribution >= 4 is 11.9 Å². The van der Waals surface area contributed by atoms with E-state index >= 15 is 0 Å². The van der Waals surface area contributed by atoms with E-state index in [1.165, 1.54) is 0 Å². The molecule has 5 heteroatoms. The highest BCUT2D eigenvalue weighted by molar-refractivity contribution is 5.86. The Hall–Kier alpha value is -1.10. The molecule has 0 saturated carbocycles. The molecule has 0 N–H and O–H groups in total. The highest BCUT2D eigenvalue weighted by atomic mass is 16.6. The van der Waals surface area contributed by atoms with E-state index in [0.717, 1.165) is 25.9 Å².